The van der Waals surface area contributed by atoms with Gasteiger partial charge in [-0.3, -0.25) is 0 Å². The van der Waals surface area contributed by atoms with Gasteiger partial charge in [0, 0.05) is 6.54 Å². The van der Waals surface area contributed by atoms with E-state index in [1.165, 1.54) is 0 Å². The smallest absolute Gasteiger partial charge is 0.220 e. The van der Waals surface area contributed by atoms with Crippen LogP contribution in [0.5, 0.6) is 0 Å². The fourth-order valence-corrected chi connectivity index (χ4v) is 0.546. The van der Waals surface area contributed by atoms with E-state index in [1.807, 2.05) is 0 Å². The van der Waals surface area contributed by atoms with Crippen LogP contribution in [0.4, 0.5) is 0 Å². The molecule has 5 heteroatoms. The van der Waals surface area contributed by atoms with Crippen LogP contribution in [0.1, 0.15) is 26.2 Å². The van der Waals surface area contributed by atoms with Gasteiger partial charge in [-0.05, 0) is 6.42 Å². The molecule has 0 aromatic rings. The summed E-state index contributed by atoms with van der Waals surface area (Å²) >= 11 is 0. The summed E-state index contributed by atoms with van der Waals surface area (Å²) in [5.74, 6) is 0. The molecule has 0 amide bonds. The molecule has 0 aliphatic rings. The van der Waals surface area contributed by atoms with Gasteiger partial charge in [-0.25, -0.2) is 4.94 Å². The van der Waals surface area contributed by atoms with Gasteiger partial charge in [0.15, 0.2) is 0 Å². The average molecular weight is 148 g/mol. The fraction of sp³-hybridized carbons (Fsp3) is 1.00. The largest absolute Gasteiger partial charge is 0.311 e. The lowest BCUT2D eigenvalue weighted by Gasteiger charge is -1.98. The van der Waals surface area contributed by atoms with Gasteiger partial charge in [0.1, 0.15) is 0 Å². The molecule has 0 spiro atoms. The van der Waals surface area contributed by atoms with Crippen molar-refractivity contribution in [3.8, 4) is 0 Å². The minimum absolute atomic E-state index is 0.537. The van der Waals surface area contributed by atoms with Gasteiger partial charge in [0.05, 0.1) is 0 Å². The second kappa shape index (κ2) is 6.28. The molecule has 0 radical (unpaired) electrons. The van der Waals surface area contributed by atoms with E-state index >= 15 is 0 Å². The van der Waals surface area contributed by atoms with Gasteiger partial charge in [-0.2, -0.15) is 5.48 Å². The second-order valence-corrected chi connectivity index (χ2v) is 1.92. The van der Waals surface area contributed by atoms with Gasteiger partial charge in [-0.1, -0.05) is 19.8 Å². The number of nitrogens with zero attached hydrogens (tertiary/aromatic N) is 1. The normalized spacial score (nSPS) is 9.30. The molecule has 0 aromatic carbocycles. The molecule has 0 saturated carbocycles. The highest BCUT2D eigenvalue weighted by molar-refractivity contribution is 4.36. The summed E-state index contributed by atoms with van der Waals surface area (Å²) in [5, 5.41) is 8.70. The van der Waals surface area contributed by atoms with Crippen molar-refractivity contribution in [2.24, 2.45) is 0 Å². The van der Waals surface area contributed by atoms with Gasteiger partial charge in [-0.15, -0.1) is 10.1 Å². The van der Waals surface area contributed by atoms with Crippen molar-refractivity contribution < 1.29 is 10.0 Å². The maximum absolute atomic E-state index is 9.55. The second-order valence-electron chi connectivity index (χ2n) is 1.92. The Hall–Kier alpha value is -0.840. The molecule has 0 unspecified atom stereocenters. The zero-order chi connectivity index (χ0) is 7.82. The Balaban J connectivity index is 2.84. The van der Waals surface area contributed by atoms with Crippen LogP contribution in [0.2, 0.25) is 0 Å². The third kappa shape index (κ3) is 7.16. The molecule has 1 N–H and O–H groups in total. The molecule has 0 bridgehead atoms. The highest BCUT2D eigenvalue weighted by atomic mass is 17.0. The van der Waals surface area contributed by atoms with Crippen LogP contribution in [0.15, 0.2) is 0 Å². The molecule has 0 fully saturated rings. The maximum Gasteiger partial charge on any atom is 0.311 e. The predicted molar refractivity (Wildman–Crippen MR) is 35.6 cm³/mol. The summed E-state index contributed by atoms with van der Waals surface area (Å²) in [6.07, 6.45) is 3.07. The first kappa shape index (κ1) is 9.16. The Morgan fingerprint density at radius 2 is 2.30 bits per heavy atom. The number of rotatable bonds is 6. The lowest BCUT2D eigenvalue weighted by atomic mass is 10.3. The molecule has 5 nitrogen and oxygen atoms in total. The quantitative estimate of drug-likeness (QED) is 0.345. The maximum atomic E-state index is 9.55. The van der Waals surface area contributed by atoms with E-state index in [0.717, 1.165) is 19.3 Å². The Morgan fingerprint density at radius 3 is 2.80 bits per heavy atom. The molecule has 0 aliphatic carbocycles. The Bertz CT molecular complexity index is 96.9. The molecule has 0 aromatic heterocycles. The molecular formula is C5H12N2O3. The van der Waals surface area contributed by atoms with Gasteiger partial charge in [0.25, 0.3) is 0 Å². The number of hydrogen-bond acceptors (Lipinski definition) is 4. The molecule has 0 heterocycles. The minimum atomic E-state index is -0.855. The topological polar surface area (TPSA) is 64.4 Å². The molecule has 0 aliphatic heterocycles. The minimum Gasteiger partial charge on any atom is -0.220 e. The first-order valence-electron chi connectivity index (χ1n) is 3.31. The van der Waals surface area contributed by atoms with E-state index in [-0.39, 0.29) is 0 Å². The average Bonchev–Trinajstić information content (AvgIpc) is 1.87. The summed E-state index contributed by atoms with van der Waals surface area (Å²) in [6.45, 7) is 2.60. The Morgan fingerprint density at radius 1 is 1.60 bits per heavy atom. The summed E-state index contributed by atoms with van der Waals surface area (Å²) in [7, 11) is 0. The van der Waals surface area contributed by atoms with E-state index in [4.69, 9.17) is 0 Å². The van der Waals surface area contributed by atoms with Crippen LogP contribution in [-0.4, -0.2) is 11.6 Å². The SMILES string of the molecule is CCCCCNO[N+](=O)[O-]. The highest BCUT2D eigenvalue weighted by Crippen LogP contribution is 1.90. The van der Waals surface area contributed by atoms with E-state index < -0.39 is 5.09 Å². The van der Waals surface area contributed by atoms with Crippen LogP contribution in [0.25, 0.3) is 0 Å². The van der Waals surface area contributed by atoms with Crippen molar-refractivity contribution in [2.45, 2.75) is 26.2 Å². The van der Waals surface area contributed by atoms with Gasteiger partial charge in [0.2, 0.25) is 0 Å². The zero-order valence-corrected chi connectivity index (χ0v) is 6.00. The van der Waals surface area contributed by atoms with Gasteiger partial charge < -0.3 is 0 Å². The molecule has 0 saturated heterocycles. The number of nitrogens with one attached hydrogen (secondary N) is 1. The van der Waals surface area contributed by atoms with Crippen LogP contribution >= 0.6 is 0 Å². The van der Waals surface area contributed by atoms with Crippen LogP contribution in [-0.2, 0) is 4.94 Å². The lowest BCUT2D eigenvalue weighted by Crippen LogP contribution is -2.19. The molecule has 0 rings (SSSR count). The standard InChI is InChI=1S/C5H12N2O3/c1-2-3-4-5-6-10-7(8)9/h6H,2-5H2,1H3. The van der Waals surface area contributed by atoms with E-state index in [1.54, 1.807) is 0 Å². The summed E-state index contributed by atoms with van der Waals surface area (Å²) in [6, 6.07) is 0. The zero-order valence-electron chi connectivity index (χ0n) is 6.00. The van der Waals surface area contributed by atoms with Crippen molar-refractivity contribution in [2.75, 3.05) is 6.54 Å². The van der Waals surface area contributed by atoms with E-state index in [2.05, 4.69) is 17.3 Å². The van der Waals surface area contributed by atoms with Crippen molar-refractivity contribution in [3.05, 3.63) is 10.1 Å². The van der Waals surface area contributed by atoms with Crippen molar-refractivity contribution in [3.63, 3.8) is 0 Å². The molecular weight excluding hydrogens is 136 g/mol. The van der Waals surface area contributed by atoms with Crippen molar-refractivity contribution >= 4 is 0 Å². The Kier molecular flexibility index (Phi) is 5.75. The van der Waals surface area contributed by atoms with Gasteiger partial charge >= 0.3 is 5.09 Å². The van der Waals surface area contributed by atoms with Crippen LogP contribution in [0.3, 0.4) is 0 Å². The fourth-order valence-electron chi connectivity index (χ4n) is 0.546. The molecule has 60 valence electrons. The van der Waals surface area contributed by atoms with Crippen LogP contribution < -0.4 is 5.48 Å². The summed E-state index contributed by atoms with van der Waals surface area (Å²) in [5.41, 5.74) is 2.22. The third-order valence-corrected chi connectivity index (χ3v) is 1.02. The van der Waals surface area contributed by atoms with Crippen molar-refractivity contribution in [1.82, 2.24) is 5.48 Å². The third-order valence-electron chi connectivity index (χ3n) is 1.02. The lowest BCUT2D eigenvalue weighted by molar-refractivity contribution is -0.776. The molecule has 10 heavy (non-hydrogen) atoms. The number of hydroxylamine groups is 1. The highest BCUT2D eigenvalue weighted by Gasteiger charge is 1.91. The number of hydrogen-bond donors (Lipinski definition) is 1. The van der Waals surface area contributed by atoms with Crippen LogP contribution in [0, 0.1) is 10.1 Å². The first-order chi connectivity index (χ1) is 4.77. The first-order valence-corrected chi connectivity index (χ1v) is 3.31. The van der Waals surface area contributed by atoms with E-state index in [0.29, 0.717) is 6.54 Å². The summed E-state index contributed by atoms with van der Waals surface area (Å²) in [4.78, 5) is 13.4. The Labute approximate surface area is 59.4 Å². The monoisotopic (exact) mass is 148 g/mol. The van der Waals surface area contributed by atoms with E-state index in [9.17, 15) is 10.1 Å². The predicted octanol–water partition coefficient (Wildman–Crippen LogP) is 0.889. The molecule has 0 atom stereocenters. The van der Waals surface area contributed by atoms with Crippen molar-refractivity contribution in [1.29, 1.82) is 0 Å². The summed E-state index contributed by atoms with van der Waals surface area (Å²) < 4.78 is 0. The number of unbranched alkanes of at least 4 members (excludes halogenated alkanes) is 2.